The van der Waals surface area contributed by atoms with Crippen LogP contribution in [0.25, 0.3) is 0 Å². The van der Waals surface area contributed by atoms with E-state index in [1.807, 2.05) is 13.8 Å². The van der Waals surface area contributed by atoms with Gasteiger partial charge in [0.05, 0.1) is 0 Å². The lowest BCUT2D eigenvalue weighted by molar-refractivity contribution is 0.0691. The zero-order valence-corrected chi connectivity index (χ0v) is 8.86. The number of benzene rings is 1. The molecule has 4 heteroatoms. The van der Waals surface area contributed by atoms with Gasteiger partial charge in [0.25, 0.3) is 0 Å². The van der Waals surface area contributed by atoms with Gasteiger partial charge in [0, 0.05) is 5.54 Å². The fraction of sp³-hybridized carbons (Fsp3) is 0.364. The molecular formula is C11H15NO3. The Balaban J connectivity index is 2.81. The molecule has 82 valence electrons. The predicted octanol–water partition coefficient (Wildman–Crippen LogP) is 1.50. The van der Waals surface area contributed by atoms with E-state index in [1.165, 1.54) is 6.07 Å². The van der Waals surface area contributed by atoms with Gasteiger partial charge in [0.2, 0.25) is 0 Å². The van der Waals surface area contributed by atoms with Crippen LogP contribution in [-0.2, 0) is 0 Å². The number of nitrogens with two attached hydrogens (primary N) is 1. The molecule has 3 N–H and O–H groups in total. The molecule has 0 spiro atoms. The molecule has 0 radical (unpaired) electrons. The second-order valence-corrected chi connectivity index (χ2v) is 4.08. The minimum Gasteiger partial charge on any atom is -0.491 e. The predicted molar refractivity (Wildman–Crippen MR) is 57.2 cm³/mol. The van der Waals surface area contributed by atoms with Crippen molar-refractivity contribution in [3.8, 4) is 5.75 Å². The van der Waals surface area contributed by atoms with Crippen molar-refractivity contribution in [2.45, 2.75) is 19.4 Å². The van der Waals surface area contributed by atoms with Gasteiger partial charge in [0.15, 0.2) is 0 Å². The summed E-state index contributed by atoms with van der Waals surface area (Å²) in [7, 11) is 0. The van der Waals surface area contributed by atoms with Crippen LogP contribution in [0.15, 0.2) is 24.3 Å². The Labute approximate surface area is 88.7 Å². The van der Waals surface area contributed by atoms with Gasteiger partial charge in [-0.3, -0.25) is 0 Å². The van der Waals surface area contributed by atoms with Crippen molar-refractivity contribution in [3.05, 3.63) is 29.8 Å². The molecule has 0 atom stereocenters. The van der Waals surface area contributed by atoms with Crippen LogP contribution in [0, 0.1) is 0 Å². The highest BCUT2D eigenvalue weighted by Gasteiger charge is 2.15. The van der Waals surface area contributed by atoms with E-state index in [9.17, 15) is 4.79 Å². The van der Waals surface area contributed by atoms with Gasteiger partial charge in [-0.1, -0.05) is 12.1 Å². The average Bonchev–Trinajstić information content (AvgIpc) is 2.14. The Kier molecular flexibility index (Phi) is 3.31. The summed E-state index contributed by atoms with van der Waals surface area (Å²) >= 11 is 0. The third-order valence-corrected chi connectivity index (χ3v) is 1.72. The third kappa shape index (κ3) is 3.59. The molecule has 0 saturated carbocycles. The molecule has 1 rings (SSSR count). The lowest BCUT2D eigenvalue weighted by Crippen LogP contribution is -2.38. The van der Waals surface area contributed by atoms with Gasteiger partial charge in [-0.05, 0) is 26.0 Å². The Morgan fingerprint density at radius 2 is 2.07 bits per heavy atom. The zero-order chi connectivity index (χ0) is 11.5. The van der Waals surface area contributed by atoms with Crippen LogP contribution < -0.4 is 10.5 Å². The Morgan fingerprint density at radius 1 is 1.47 bits per heavy atom. The maximum Gasteiger partial charge on any atom is 0.339 e. The first-order valence-electron chi connectivity index (χ1n) is 4.64. The van der Waals surface area contributed by atoms with Crippen LogP contribution in [-0.4, -0.2) is 23.2 Å². The highest BCUT2D eigenvalue weighted by molar-refractivity contribution is 5.90. The molecule has 0 unspecified atom stereocenters. The van der Waals surface area contributed by atoms with Gasteiger partial charge < -0.3 is 15.6 Å². The Bertz CT molecular complexity index is 355. The van der Waals surface area contributed by atoms with Crippen LogP contribution in [0.3, 0.4) is 0 Å². The van der Waals surface area contributed by atoms with E-state index in [0.717, 1.165) is 0 Å². The van der Waals surface area contributed by atoms with Gasteiger partial charge >= 0.3 is 5.97 Å². The first-order chi connectivity index (χ1) is 6.90. The molecule has 0 aromatic heterocycles. The van der Waals surface area contributed by atoms with Crippen molar-refractivity contribution in [2.75, 3.05) is 6.61 Å². The number of carboxylic acids is 1. The van der Waals surface area contributed by atoms with Crippen molar-refractivity contribution in [2.24, 2.45) is 5.73 Å². The van der Waals surface area contributed by atoms with Crippen molar-refractivity contribution >= 4 is 5.97 Å². The maximum atomic E-state index is 10.8. The molecule has 15 heavy (non-hydrogen) atoms. The Morgan fingerprint density at radius 3 is 2.60 bits per heavy atom. The molecular weight excluding hydrogens is 194 g/mol. The molecule has 4 nitrogen and oxygen atoms in total. The van der Waals surface area contributed by atoms with E-state index >= 15 is 0 Å². The summed E-state index contributed by atoms with van der Waals surface area (Å²) in [6, 6.07) is 6.51. The molecule has 0 aliphatic carbocycles. The fourth-order valence-corrected chi connectivity index (χ4v) is 1.03. The molecule has 1 aromatic carbocycles. The summed E-state index contributed by atoms with van der Waals surface area (Å²) < 4.78 is 5.36. The summed E-state index contributed by atoms with van der Waals surface area (Å²) in [5.74, 6) is -0.649. The molecule has 0 saturated heterocycles. The molecule has 0 heterocycles. The minimum atomic E-state index is -1.000. The van der Waals surface area contributed by atoms with E-state index in [2.05, 4.69) is 0 Å². The first kappa shape index (κ1) is 11.5. The van der Waals surface area contributed by atoms with E-state index in [1.54, 1.807) is 18.2 Å². The quantitative estimate of drug-likeness (QED) is 0.788. The minimum absolute atomic E-state index is 0.154. The number of hydrogen-bond acceptors (Lipinski definition) is 3. The van der Waals surface area contributed by atoms with Crippen LogP contribution in [0.1, 0.15) is 24.2 Å². The zero-order valence-electron chi connectivity index (χ0n) is 8.86. The van der Waals surface area contributed by atoms with Crippen molar-refractivity contribution in [1.29, 1.82) is 0 Å². The van der Waals surface area contributed by atoms with E-state index in [-0.39, 0.29) is 12.2 Å². The standard InChI is InChI=1S/C11H15NO3/c1-11(2,12)7-15-9-6-4-3-5-8(9)10(13)14/h3-6H,7,12H2,1-2H3,(H,13,14). The molecule has 0 bridgehead atoms. The van der Waals surface area contributed by atoms with Crippen LogP contribution >= 0.6 is 0 Å². The number of ether oxygens (including phenoxy) is 1. The SMILES string of the molecule is CC(C)(N)COc1ccccc1C(=O)O. The fourth-order valence-electron chi connectivity index (χ4n) is 1.03. The monoisotopic (exact) mass is 209 g/mol. The average molecular weight is 209 g/mol. The molecule has 0 fully saturated rings. The smallest absolute Gasteiger partial charge is 0.339 e. The van der Waals surface area contributed by atoms with Gasteiger partial charge in [-0.25, -0.2) is 4.79 Å². The number of hydrogen-bond donors (Lipinski definition) is 2. The number of rotatable bonds is 4. The topological polar surface area (TPSA) is 72.5 Å². The summed E-state index contributed by atoms with van der Waals surface area (Å²) in [5, 5.41) is 8.88. The van der Waals surface area contributed by atoms with E-state index in [4.69, 9.17) is 15.6 Å². The van der Waals surface area contributed by atoms with E-state index < -0.39 is 11.5 Å². The van der Waals surface area contributed by atoms with Crippen molar-refractivity contribution in [3.63, 3.8) is 0 Å². The van der Waals surface area contributed by atoms with Gasteiger partial charge in [0.1, 0.15) is 17.9 Å². The highest BCUT2D eigenvalue weighted by Crippen LogP contribution is 2.18. The van der Waals surface area contributed by atoms with Crippen LogP contribution in [0.4, 0.5) is 0 Å². The van der Waals surface area contributed by atoms with Crippen LogP contribution in [0.5, 0.6) is 5.75 Å². The highest BCUT2D eigenvalue weighted by atomic mass is 16.5. The summed E-state index contributed by atoms with van der Waals surface area (Å²) in [4.78, 5) is 10.8. The second kappa shape index (κ2) is 4.31. The molecule has 0 aliphatic heterocycles. The molecule has 0 aliphatic rings. The van der Waals surface area contributed by atoms with Crippen LogP contribution in [0.2, 0.25) is 0 Å². The second-order valence-electron chi connectivity index (χ2n) is 4.08. The lowest BCUT2D eigenvalue weighted by Gasteiger charge is -2.19. The third-order valence-electron chi connectivity index (χ3n) is 1.72. The molecule has 1 aromatic rings. The van der Waals surface area contributed by atoms with Gasteiger partial charge in [-0.2, -0.15) is 0 Å². The number of carboxylic acid groups (broad SMARTS) is 1. The van der Waals surface area contributed by atoms with Crippen molar-refractivity contribution in [1.82, 2.24) is 0 Å². The summed E-state index contributed by atoms with van der Waals surface area (Å²) in [5.41, 5.74) is 5.41. The normalized spacial score (nSPS) is 11.1. The molecule has 0 amide bonds. The largest absolute Gasteiger partial charge is 0.491 e. The summed E-state index contributed by atoms with van der Waals surface area (Å²) in [6.07, 6.45) is 0. The van der Waals surface area contributed by atoms with E-state index in [0.29, 0.717) is 5.75 Å². The maximum absolute atomic E-state index is 10.8. The van der Waals surface area contributed by atoms with Gasteiger partial charge in [-0.15, -0.1) is 0 Å². The number of aromatic carboxylic acids is 1. The Hall–Kier alpha value is -1.55. The number of carbonyl (C=O) groups is 1. The lowest BCUT2D eigenvalue weighted by atomic mass is 10.1. The first-order valence-corrected chi connectivity index (χ1v) is 4.64. The number of para-hydroxylation sites is 1. The van der Waals surface area contributed by atoms with Crippen molar-refractivity contribution < 1.29 is 14.6 Å². The summed E-state index contributed by atoms with van der Waals surface area (Å²) in [6.45, 7) is 3.91.